The number of carbonyl (C=O) groups is 1. The van der Waals surface area contributed by atoms with Crippen molar-refractivity contribution in [2.75, 3.05) is 36.8 Å². The highest BCUT2D eigenvalue weighted by atomic mass is 16.2. The lowest BCUT2D eigenvalue weighted by Crippen LogP contribution is -2.42. The van der Waals surface area contributed by atoms with Gasteiger partial charge in [0.2, 0.25) is 5.91 Å². The molecule has 104 valence electrons. The number of hydrogen-bond donors (Lipinski definition) is 1. The van der Waals surface area contributed by atoms with Gasteiger partial charge in [0.25, 0.3) is 0 Å². The number of benzene rings is 1. The fourth-order valence-corrected chi connectivity index (χ4v) is 2.51. The van der Waals surface area contributed by atoms with Crippen LogP contribution in [0.5, 0.6) is 0 Å². The number of nitrogens with zero attached hydrogens (tertiary/aromatic N) is 2. The Morgan fingerprint density at radius 1 is 1.32 bits per heavy atom. The lowest BCUT2D eigenvalue weighted by atomic mass is 10.1. The number of amides is 1. The van der Waals surface area contributed by atoms with Gasteiger partial charge in [-0.15, -0.1) is 0 Å². The molecule has 0 atom stereocenters. The molecule has 1 aliphatic heterocycles. The number of nitrogens with two attached hydrogens (primary N) is 1. The predicted molar refractivity (Wildman–Crippen MR) is 79.2 cm³/mol. The molecule has 1 amide bonds. The molecule has 1 aromatic rings. The Bertz CT molecular complexity index is 427. The number of likely N-dealkylation sites (tertiary alicyclic amines) is 1. The Labute approximate surface area is 115 Å². The van der Waals surface area contributed by atoms with E-state index in [1.54, 1.807) is 0 Å². The van der Waals surface area contributed by atoms with Crippen molar-refractivity contribution in [2.45, 2.75) is 26.2 Å². The molecule has 1 aromatic carbocycles. The van der Waals surface area contributed by atoms with E-state index < -0.39 is 0 Å². The molecule has 0 spiro atoms. The Morgan fingerprint density at radius 2 is 2.05 bits per heavy atom. The molecule has 0 saturated carbocycles. The van der Waals surface area contributed by atoms with Gasteiger partial charge in [0, 0.05) is 31.0 Å². The van der Waals surface area contributed by atoms with Gasteiger partial charge < -0.3 is 15.5 Å². The molecule has 4 heteroatoms. The fraction of sp³-hybridized carbons (Fsp3) is 0.533. The van der Waals surface area contributed by atoms with Crippen LogP contribution in [-0.2, 0) is 4.79 Å². The highest BCUT2D eigenvalue weighted by molar-refractivity contribution is 5.81. The molecular weight excluding hydrogens is 238 g/mol. The second kappa shape index (κ2) is 6.45. The Hall–Kier alpha value is -1.71. The third-order valence-electron chi connectivity index (χ3n) is 3.65. The first-order chi connectivity index (χ1) is 9.20. The fourth-order valence-electron chi connectivity index (χ4n) is 2.51. The maximum absolute atomic E-state index is 12.3. The van der Waals surface area contributed by atoms with E-state index in [4.69, 9.17) is 5.73 Å². The minimum atomic E-state index is 0.226. The second-order valence-corrected chi connectivity index (χ2v) is 5.05. The molecule has 0 unspecified atom stereocenters. The average Bonchev–Trinajstić information content (AvgIpc) is 2.45. The summed E-state index contributed by atoms with van der Waals surface area (Å²) in [5, 5.41) is 0. The Morgan fingerprint density at radius 3 is 2.68 bits per heavy atom. The smallest absolute Gasteiger partial charge is 0.242 e. The summed E-state index contributed by atoms with van der Waals surface area (Å²) in [5.74, 6) is 0.226. The number of hydrogen-bond acceptors (Lipinski definition) is 3. The highest BCUT2D eigenvalue weighted by Crippen LogP contribution is 2.18. The normalized spacial score (nSPS) is 15.3. The van der Waals surface area contributed by atoms with E-state index in [1.165, 1.54) is 6.42 Å². The lowest BCUT2D eigenvalue weighted by Gasteiger charge is -2.30. The number of rotatable bonds is 4. The van der Waals surface area contributed by atoms with Crippen molar-refractivity contribution in [3.8, 4) is 0 Å². The summed E-state index contributed by atoms with van der Waals surface area (Å²) < 4.78 is 0. The number of carbonyl (C=O) groups excluding carboxylic acids is 1. The minimum absolute atomic E-state index is 0.226. The van der Waals surface area contributed by atoms with Crippen molar-refractivity contribution in [2.24, 2.45) is 0 Å². The van der Waals surface area contributed by atoms with E-state index in [0.717, 1.165) is 43.9 Å². The van der Waals surface area contributed by atoms with E-state index in [2.05, 4.69) is 11.8 Å². The average molecular weight is 261 g/mol. The van der Waals surface area contributed by atoms with Crippen LogP contribution in [0.3, 0.4) is 0 Å². The molecule has 0 radical (unpaired) electrons. The van der Waals surface area contributed by atoms with Crippen molar-refractivity contribution in [3.05, 3.63) is 24.3 Å². The summed E-state index contributed by atoms with van der Waals surface area (Å²) in [6.07, 6.45) is 3.52. The minimum Gasteiger partial charge on any atom is -0.399 e. The molecule has 2 rings (SSSR count). The van der Waals surface area contributed by atoms with Gasteiger partial charge >= 0.3 is 0 Å². The monoisotopic (exact) mass is 261 g/mol. The molecule has 19 heavy (non-hydrogen) atoms. The van der Waals surface area contributed by atoms with Crippen LogP contribution in [0.1, 0.15) is 26.2 Å². The topological polar surface area (TPSA) is 49.6 Å². The van der Waals surface area contributed by atoms with Crippen LogP contribution in [-0.4, -0.2) is 37.0 Å². The Kier molecular flexibility index (Phi) is 4.66. The molecule has 0 aliphatic carbocycles. The molecule has 1 aliphatic rings. The molecule has 0 aromatic heterocycles. The molecule has 1 fully saturated rings. The first kappa shape index (κ1) is 13.7. The van der Waals surface area contributed by atoms with Gasteiger partial charge in [-0.3, -0.25) is 4.79 Å². The standard InChI is InChI=1S/C15H23N3O/c1-2-17(14-8-6-7-13(16)11-14)12-15(19)18-9-4-3-5-10-18/h6-8,11H,2-5,9-10,12,16H2,1H3. The van der Waals surface area contributed by atoms with Crippen LogP contribution < -0.4 is 10.6 Å². The van der Waals surface area contributed by atoms with Gasteiger partial charge in [0.15, 0.2) is 0 Å². The first-order valence-corrected chi connectivity index (χ1v) is 7.09. The predicted octanol–water partition coefficient (Wildman–Crippen LogP) is 2.11. The molecule has 1 heterocycles. The van der Waals surface area contributed by atoms with E-state index in [1.807, 2.05) is 29.2 Å². The molecule has 2 N–H and O–H groups in total. The zero-order valence-corrected chi connectivity index (χ0v) is 11.6. The molecular formula is C15H23N3O. The number of nitrogen functional groups attached to an aromatic ring is 1. The van der Waals surface area contributed by atoms with Gasteiger partial charge in [-0.25, -0.2) is 0 Å². The van der Waals surface area contributed by atoms with Crippen molar-refractivity contribution < 1.29 is 4.79 Å². The molecule has 1 saturated heterocycles. The summed E-state index contributed by atoms with van der Waals surface area (Å²) >= 11 is 0. The summed E-state index contributed by atoms with van der Waals surface area (Å²) in [4.78, 5) is 16.3. The largest absolute Gasteiger partial charge is 0.399 e. The van der Waals surface area contributed by atoms with Gasteiger partial charge in [0.1, 0.15) is 0 Å². The lowest BCUT2D eigenvalue weighted by molar-refractivity contribution is -0.130. The number of piperidine rings is 1. The zero-order valence-electron chi connectivity index (χ0n) is 11.6. The van der Waals surface area contributed by atoms with E-state index in [9.17, 15) is 4.79 Å². The highest BCUT2D eigenvalue weighted by Gasteiger charge is 2.18. The van der Waals surface area contributed by atoms with E-state index >= 15 is 0 Å². The van der Waals surface area contributed by atoms with Crippen LogP contribution in [0, 0.1) is 0 Å². The van der Waals surface area contributed by atoms with Crippen LogP contribution >= 0.6 is 0 Å². The van der Waals surface area contributed by atoms with E-state index in [0.29, 0.717) is 6.54 Å². The maximum atomic E-state index is 12.3. The van der Waals surface area contributed by atoms with Crippen LogP contribution in [0.4, 0.5) is 11.4 Å². The van der Waals surface area contributed by atoms with Gasteiger partial charge in [-0.2, -0.15) is 0 Å². The summed E-state index contributed by atoms with van der Waals surface area (Å²) in [7, 11) is 0. The van der Waals surface area contributed by atoms with Crippen molar-refractivity contribution in [1.82, 2.24) is 4.90 Å². The second-order valence-electron chi connectivity index (χ2n) is 5.05. The SMILES string of the molecule is CCN(CC(=O)N1CCCCC1)c1cccc(N)c1. The summed E-state index contributed by atoms with van der Waals surface area (Å²) in [5.41, 5.74) is 7.56. The zero-order chi connectivity index (χ0) is 13.7. The van der Waals surface area contributed by atoms with Crippen molar-refractivity contribution in [3.63, 3.8) is 0 Å². The quantitative estimate of drug-likeness (QED) is 0.845. The summed E-state index contributed by atoms with van der Waals surface area (Å²) in [6, 6.07) is 7.72. The van der Waals surface area contributed by atoms with Gasteiger partial charge in [-0.05, 0) is 44.4 Å². The number of anilines is 2. The van der Waals surface area contributed by atoms with Crippen LogP contribution in [0.25, 0.3) is 0 Å². The third kappa shape index (κ3) is 3.63. The maximum Gasteiger partial charge on any atom is 0.242 e. The Balaban J connectivity index is 2.00. The van der Waals surface area contributed by atoms with Crippen molar-refractivity contribution in [1.29, 1.82) is 0 Å². The van der Waals surface area contributed by atoms with Crippen molar-refractivity contribution >= 4 is 17.3 Å². The third-order valence-corrected chi connectivity index (χ3v) is 3.65. The van der Waals surface area contributed by atoms with E-state index in [-0.39, 0.29) is 5.91 Å². The van der Waals surface area contributed by atoms with Crippen LogP contribution in [0.2, 0.25) is 0 Å². The molecule has 4 nitrogen and oxygen atoms in total. The number of likely N-dealkylation sites (N-methyl/N-ethyl adjacent to an activating group) is 1. The first-order valence-electron chi connectivity index (χ1n) is 7.09. The van der Waals surface area contributed by atoms with Gasteiger partial charge in [-0.1, -0.05) is 6.07 Å². The molecule has 0 bridgehead atoms. The summed E-state index contributed by atoms with van der Waals surface area (Å²) in [6.45, 7) is 5.14. The van der Waals surface area contributed by atoms with Crippen LogP contribution in [0.15, 0.2) is 24.3 Å². The van der Waals surface area contributed by atoms with Gasteiger partial charge in [0.05, 0.1) is 6.54 Å².